The average Bonchev–Trinajstić information content (AvgIpc) is 2.08. The van der Waals surface area contributed by atoms with Crippen molar-refractivity contribution in [2.75, 3.05) is 11.9 Å². The molecule has 1 unspecified atom stereocenters. The molecule has 0 radical (unpaired) electrons. The maximum Gasteiger partial charge on any atom is 0.0764 e. The second kappa shape index (κ2) is 4.92. The van der Waals surface area contributed by atoms with Gasteiger partial charge in [-0.1, -0.05) is 15.9 Å². The number of halogens is 1. The predicted molar refractivity (Wildman–Crippen MR) is 69.9 cm³/mol. The van der Waals surface area contributed by atoms with E-state index in [2.05, 4.69) is 48.5 Å². The third-order valence-corrected chi connectivity index (χ3v) is 4.25. The Labute approximate surface area is 107 Å². The molecular formula is C12H24BrNO2. The molecule has 0 aromatic carbocycles. The summed E-state index contributed by atoms with van der Waals surface area (Å²) >= 11 is 3.30. The quantitative estimate of drug-likeness (QED) is 0.780. The SMILES string of the molecule is CC1(C)CC(O)CC(C)(C)N1CC(O)CBr. The molecule has 1 aliphatic heterocycles. The molecule has 1 heterocycles. The minimum Gasteiger partial charge on any atom is -0.393 e. The maximum absolute atomic E-state index is 9.89. The second-order valence-corrected chi connectivity index (χ2v) is 6.75. The molecule has 2 N–H and O–H groups in total. The smallest absolute Gasteiger partial charge is 0.0764 e. The van der Waals surface area contributed by atoms with Gasteiger partial charge in [0.2, 0.25) is 0 Å². The van der Waals surface area contributed by atoms with E-state index in [-0.39, 0.29) is 23.3 Å². The van der Waals surface area contributed by atoms with E-state index in [1.54, 1.807) is 0 Å². The fourth-order valence-corrected chi connectivity index (χ4v) is 3.22. The van der Waals surface area contributed by atoms with E-state index in [0.717, 1.165) is 12.8 Å². The lowest BCUT2D eigenvalue weighted by molar-refractivity contribution is -0.0941. The van der Waals surface area contributed by atoms with Gasteiger partial charge in [0, 0.05) is 23.0 Å². The van der Waals surface area contributed by atoms with Crippen molar-refractivity contribution in [2.24, 2.45) is 0 Å². The van der Waals surface area contributed by atoms with Crippen molar-refractivity contribution < 1.29 is 10.2 Å². The number of hydrogen-bond donors (Lipinski definition) is 2. The first-order valence-electron chi connectivity index (χ1n) is 5.89. The van der Waals surface area contributed by atoms with Crippen molar-refractivity contribution in [1.29, 1.82) is 0 Å². The lowest BCUT2D eigenvalue weighted by Gasteiger charge is -2.54. The molecule has 0 aromatic rings. The summed E-state index contributed by atoms with van der Waals surface area (Å²) in [5, 5.41) is 20.3. The highest BCUT2D eigenvalue weighted by molar-refractivity contribution is 9.09. The Morgan fingerprint density at radius 2 is 1.69 bits per heavy atom. The van der Waals surface area contributed by atoms with Gasteiger partial charge in [0.05, 0.1) is 12.2 Å². The van der Waals surface area contributed by atoms with Crippen LogP contribution in [0.1, 0.15) is 40.5 Å². The molecule has 3 nitrogen and oxygen atoms in total. The van der Waals surface area contributed by atoms with Crippen LogP contribution in [-0.2, 0) is 0 Å². The molecule has 4 heteroatoms. The minimum atomic E-state index is -0.353. The van der Waals surface area contributed by atoms with E-state index in [1.807, 2.05) is 0 Å². The first-order chi connectivity index (χ1) is 7.19. The zero-order chi connectivity index (χ0) is 12.6. The van der Waals surface area contributed by atoms with Crippen LogP contribution in [0.3, 0.4) is 0 Å². The predicted octanol–water partition coefficient (Wildman–Crippen LogP) is 1.76. The van der Waals surface area contributed by atoms with E-state index >= 15 is 0 Å². The van der Waals surface area contributed by atoms with Gasteiger partial charge >= 0.3 is 0 Å². The number of β-amino-alcohol motifs (C(OH)–C–C–N with tert-alkyl or cyclic N) is 1. The fraction of sp³-hybridized carbons (Fsp3) is 1.00. The number of aliphatic hydroxyl groups excluding tert-OH is 2. The van der Waals surface area contributed by atoms with Crippen LogP contribution in [0.2, 0.25) is 0 Å². The van der Waals surface area contributed by atoms with Crippen molar-refractivity contribution in [3.63, 3.8) is 0 Å². The summed E-state index contributed by atoms with van der Waals surface area (Å²) in [6, 6.07) is 0. The van der Waals surface area contributed by atoms with Gasteiger partial charge in [-0.2, -0.15) is 0 Å². The summed E-state index contributed by atoms with van der Waals surface area (Å²) < 4.78 is 0. The molecule has 1 atom stereocenters. The van der Waals surface area contributed by atoms with Crippen molar-refractivity contribution in [3.8, 4) is 0 Å². The molecule has 0 bridgehead atoms. The Morgan fingerprint density at radius 1 is 1.25 bits per heavy atom. The number of nitrogens with zero attached hydrogens (tertiary/aromatic N) is 1. The lowest BCUT2D eigenvalue weighted by atomic mass is 9.78. The first-order valence-corrected chi connectivity index (χ1v) is 7.01. The summed E-state index contributed by atoms with van der Waals surface area (Å²) in [5.74, 6) is 0. The van der Waals surface area contributed by atoms with Crippen molar-refractivity contribution in [3.05, 3.63) is 0 Å². The molecule has 1 rings (SSSR count). The molecule has 0 amide bonds. The molecule has 1 aliphatic rings. The van der Waals surface area contributed by atoms with Gasteiger partial charge in [-0.3, -0.25) is 4.90 Å². The van der Waals surface area contributed by atoms with Crippen molar-refractivity contribution in [1.82, 2.24) is 4.90 Å². The van der Waals surface area contributed by atoms with E-state index in [4.69, 9.17) is 0 Å². The van der Waals surface area contributed by atoms with Crippen LogP contribution in [-0.4, -0.2) is 50.3 Å². The van der Waals surface area contributed by atoms with Crippen LogP contribution >= 0.6 is 15.9 Å². The summed E-state index contributed by atoms with van der Waals surface area (Å²) in [6.07, 6.45) is 0.952. The molecule has 0 aromatic heterocycles. The average molecular weight is 294 g/mol. The van der Waals surface area contributed by atoms with Gasteiger partial charge in [-0.15, -0.1) is 0 Å². The van der Waals surface area contributed by atoms with Gasteiger partial charge < -0.3 is 10.2 Å². The monoisotopic (exact) mass is 293 g/mol. The van der Waals surface area contributed by atoms with Crippen LogP contribution in [0.5, 0.6) is 0 Å². The number of hydrogen-bond acceptors (Lipinski definition) is 3. The molecule has 0 aliphatic carbocycles. The zero-order valence-electron chi connectivity index (χ0n) is 10.7. The molecule has 1 fully saturated rings. The summed E-state index contributed by atoms with van der Waals surface area (Å²) in [6.45, 7) is 9.20. The second-order valence-electron chi connectivity index (χ2n) is 6.11. The van der Waals surface area contributed by atoms with Gasteiger partial charge in [-0.05, 0) is 40.5 Å². The highest BCUT2D eigenvalue weighted by Gasteiger charge is 2.45. The Hall–Kier alpha value is 0.360. The van der Waals surface area contributed by atoms with E-state index in [9.17, 15) is 10.2 Å². The standard InChI is InChI=1S/C12H24BrNO2/c1-11(2)5-9(15)6-12(3,4)14(11)8-10(16)7-13/h9-10,15-16H,5-8H2,1-4H3. The lowest BCUT2D eigenvalue weighted by Crippen LogP contribution is -2.63. The van der Waals surface area contributed by atoms with Gasteiger partial charge in [-0.25, -0.2) is 0 Å². The van der Waals surface area contributed by atoms with Gasteiger partial charge in [0.15, 0.2) is 0 Å². The van der Waals surface area contributed by atoms with E-state index < -0.39 is 0 Å². The third-order valence-electron chi connectivity index (χ3n) is 3.50. The van der Waals surface area contributed by atoms with Crippen LogP contribution in [0.15, 0.2) is 0 Å². The van der Waals surface area contributed by atoms with Crippen LogP contribution in [0, 0.1) is 0 Å². The fourth-order valence-electron chi connectivity index (χ4n) is 3.02. The number of piperidine rings is 1. The Balaban J connectivity index is 2.84. The topological polar surface area (TPSA) is 43.7 Å². The molecule has 16 heavy (non-hydrogen) atoms. The number of aliphatic hydroxyl groups is 2. The number of likely N-dealkylation sites (tertiary alicyclic amines) is 1. The Bertz CT molecular complexity index is 225. The third kappa shape index (κ3) is 3.19. The molecule has 0 spiro atoms. The van der Waals surface area contributed by atoms with Crippen molar-refractivity contribution >= 4 is 15.9 Å². The summed E-state index contributed by atoms with van der Waals surface area (Å²) in [4.78, 5) is 2.32. The first kappa shape index (κ1) is 14.4. The summed E-state index contributed by atoms with van der Waals surface area (Å²) in [7, 11) is 0. The molecule has 0 saturated carbocycles. The molecule has 1 saturated heterocycles. The van der Waals surface area contributed by atoms with Crippen LogP contribution in [0.25, 0.3) is 0 Å². The number of alkyl halides is 1. The van der Waals surface area contributed by atoms with E-state index in [0.29, 0.717) is 11.9 Å². The highest BCUT2D eigenvalue weighted by Crippen LogP contribution is 2.38. The van der Waals surface area contributed by atoms with Gasteiger partial charge in [0.1, 0.15) is 0 Å². The van der Waals surface area contributed by atoms with Gasteiger partial charge in [0.25, 0.3) is 0 Å². The maximum atomic E-state index is 9.89. The number of rotatable bonds is 3. The normalized spacial score (nSPS) is 27.9. The zero-order valence-corrected chi connectivity index (χ0v) is 12.3. The Kier molecular flexibility index (Phi) is 4.44. The van der Waals surface area contributed by atoms with Crippen LogP contribution < -0.4 is 0 Å². The Morgan fingerprint density at radius 3 is 2.06 bits per heavy atom. The highest BCUT2D eigenvalue weighted by atomic mass is 79.9. The molecular weight excluding hydrogens is 270 g/mol. The van der Waals surface area contributed by atoms with E-state index in [1.165, 1.54) is 0 Å². The summed E-state index contributed by atoms with van der Waals surface area (Å²) in [5.41, 5.74) is -0.130. The van der Waals surface area contributed by atoms with Crippen molar-refractivity contribution in [2.45, 2.75) is 63.8 Å². The van der Waals surface area contributed by atoms with Crippen LogP contribution in [0.4, 0.5) is 0 Å². The largest absolute Gasteiger partial charge is 0.393 e. The minimum absolute atomic E-state index is 0.0652. The molecule has 96 valence electrons.